The van der Waals surface area contributed by atoms with Crippen LogP contribution in [0, 0.1) is 6.92 Å². The van der Waals surface area contributed by atoms with Crippen LogP contribution in [0.25, 0.3) is 0 Å². The third-order valence-corrected chi connectivity index (χ3v) is 4.93. The van der Waals surface area contributed by atoms with Gasteiger partial charge < -0.3 is 9.84 Å². The first-order valence-corrected chi connectivity index (χ1v) is 7.65. The molecule has 8 heteroatoms. The number of ether oxygens (including phenoxy) is 1. The van der Waals surface area contributed by atoms with Gasteiger partial charge in [0.05, 0.1) is 18.9 Å². The van der Waals surface area contributed by atoms with Crippen molar-refractivity contribution < 1.29 is 18.3 Å². The number of sulfonamides is 1. The predicted octanol–water partition coefficient (Wildman–Crippen LogP) is 0.258. The Morgan fingerprint density at radius 3 is 2.63 bits per heavy atom. The van der Waals surface area contributed by atoms with Gasteiger partial charge in [0, 0.05) is 19.7 Å². The molecule has 1 heterocycles. The van der Waals surface area contributed by atoms with Crippen molar-refractivity contribution in [2.75, 3.05) is 26.3 Å². The van der Waals surface area contributed by atoms with E-state index in [2.05, 4.69) is 10.2 Å². The third kappa shape index (κ3) is 3.53. The molecule has 1 aromatic heterocycles. The van der Waals surface area contributed by atoms with Crippen LogP contribution in [0.15, 0.2) is 4.90 Å². The number of H-pyrrole nitrogens is 1. The first-order valence-electron chi connectivity index (χ1n) is 6.21. The molecule has 2 N–H and O–H groups in total. The van der Waals surface area contributed by atoms with E-state index in [-0.39, 0.29) is 17.1 Å². The highest BCUT2D eigenvalue weighted by Crippen LogP contribution is 2.21. The van der Waals surface area contributed by atoms with E-state index < -0.39 is 16.6 Å². The number of aryl methyl sites for hydroxylation is 1. The van der Waals surface area contributed by atoms with Gasteiger partial charge in [-0.15, -0.1) is 0 Å². The average molecular weight is 291 g/mol. The molecule has 0 unspecified atom stereocenters. The second kappa shape index (κ2) is 6.99. The van der Waals surface area contributed by atoms with Gasteiger partial charge in [0.2, 0.25) is 10.0 Å². The zero-order chi connectivity index (χ0) is 14.5. The average Bonchev–Trinajstić information content (AvgIpc) is 2.76. The van der Waals surface area contributed by atoms with Gasteiger partial charge in [-0.25, -0.2) is 8.42 Å². The molecule has 0 aliphatic heterocycles. The van der Waals surface area contributed by atoms with Gasteiger partial charge in [-0.05, 0) is 13.8 Å². The second-order valence-electron chi connectivity index (χ2n) is 3.98. The van der Waals surface area contributed by atoms with Gasteiger partial charge in [-0.1, -0.05) is 6.92 Å². The molecule has 1 rings (SSSR count). The quantitative estimate of drug-likeness (QED) is 0.670. The SMILES string of the molecule is CCOCCN(CC)S(=O)(=O)c1c(CO)n[nH]c1C. The highest BCUT2D eigenvalue weighted by Gasteiger charge is 2.29. The number of aromatic nitrogens is 2. The number of nitrogens with one attached hydrogen (secondary N) is 1. The summed E-state index contributed by atoms with van der Waals surface area (Å²) >= 11 is 0. The van der Waals surface area contributed by atoms with Crippen molar-refractivity contribution in [2.45, 2.75) is 32.3 Å². The highest BCUT2D eigenvalue weighted by atomic mass is 32.2. The molecule has 0 spiro atoms. The predicted molar refractivity (Wildman–Crippen MR) is 70.2 cm³/mol. The fraction of sp³-hybridized carbons (Fsp3) is 0.727. The van der Waals surface area contributed by atoms with Gasteiger partial charge in [0.25, 0.3) is 0 Å². The Balaban J connectivity index is 3.03. The normalized spacial score (nSPS) is 12.3. The van der Waals surface area contributed by atoms with Gasteiger partial charge in [-0.2, -0.15) is 9.40 Å². The number of aliphatic hydroxyl groups is 1. The van der Waals surface area contributed by atoms with Crippen LogP contribution in [0.2, 0.25) is 0 Å². The zero-order valence-electron chi connectivity index (χ0n) is 11.5. The molecule has 19 heavy (non-hydrogen) atoms. The lowest BCUT2D eigenvalue weighted by Gasteiger charge is -2.20. The van der Waals surface area contributed by atoms with Crippen LogP contribution in [0.4, 0.5) is 0 Å². The van der Waals surface area contributed by atoms with Crippen molar-refractivity contribution in [1.82, 2.24) is 14.5 Å². The Morgan fingerprint density at radius 2 is 2.11 bits per heavy atom. The van der Waals surface area contributed by atoms with E-state index in [1.807, 2.05) is 6.92 Å². The maximum Gasteiger partial charge on any atom is 0.246 e. The molecule has 0 fully saturated rings. The number of rotatable bonds is 8. The van der Waals surface area contributed by atoms with Crippen LogP contribution in [0.5, 0.6) is 0 Å². The van der Waals surface area contributed by atoms with Crippen molar-refractivity contribution in [1.29, 1.82) is 0 Å². The van der Waals surface area contributed by atoms with Gasteiger partial charge in [0.1, 0.15) is 10.6 Å². The lowest BCUT2D eigenvalue weighted by molar-refractivity contribution is 0.135. The number of hydrogen-bond acceptors (Lipinski definition) is 5. The molecular formula is C11H21N3O4S. The monoisotopic (exact) mass is 291 g/mol. The van der Waals surface area contributed by atoms with Crippen molar-refractivity contribution in [3.8, 4) is 0 Å². The molecule has 110 valence electrons. The lowest BCUT2D eigenvalue weighted by atomic mass is 10.4. The Hall–Kier alpha value is -0.960. The van der Waals surface area contributed by atoms with Crippen LogP contribution in [0.1, 0.15) is 25.2 Å². The molecule has 0 saturated heterocycles. The minimum Gasteiger partial charge on any atom is -0.390 e. The summed E-state index contributed by atoms with van der Waals surface area (Å²) in [7, 11) is -3.66. The summed E-state index contributed by atoms with van der Waals surface area (Å²) in [5, 5.41) is 15.6. The first kappa shape index (κ1) is 16.1. The Morgan fingerprint density at radius 1 is 1.42 bits per heavy atom. The first-order chi connectivity index (χ1) is 8.98. The minimum atomic E-state index is -3.66. The summed E-state index contributed by atoms with van der Waals surface area (Å²) < 4.78 is 31.5. The van der Waals surface area contributed by atoms with E-state index in [0.29, 0.717) is 25.5 Å². The van der Waals surface area contributed by atoms with Crippen molar-refractivity contribution >= 4 is 10.0 Å². The number of hydrogen-bond donors (Lipinski definition) is 2. The van der Waals surface area contributed by atoms with E-state index in [9.17, 15) is 13.5 Å². The summed E-state index contributed by atoms with van der Waals surface area (Å²) in [6, 6.07) is 0. The molecule has 0 amide bonds. The molecule has 0 aliphatic carbocycles. The topological polar surface area (TPSA) is 95.5 Å². The molecule has 7 nitrogen and oxygen atoms in total. The maximum atomic E-state index is 12.5. The van der Waals surface area contributed by atoms with Crippen molar-refractivity contribution in [3.63, 3.8) is 0 Å². The maximum absolute atomic E-state index is 12.5. The Labute approximate surface area is 113 Å². The minimum absolute atomic E-state index is 0.0633. The summed E-state index contributed by atoms with van der Waals surface area (Å²) in [4.78, 5) is 0.0633. The van der Waals surface area contributed by atoms with Crippen LogP contribution < -0.4 is 0 Å². The van der Waals surface area contributed by atoms with Gasteiger partial charge >= 0.3 is 0 Å². The molecule has 0 aromatic carbocycles. The Bertz CT molecular complexity index is 498. The van der Waals surface area contributed by atoms with Gasteiger partial charge in [-0.3, -0.25) is 5.10 Å². The fourth-order valence-electron chi connectivity index (χ4n) is 1.81. The van der Waals surface area contributed by atoms with E-state index >= 15 is 0 Å². The molecule has 1 aromatic rings. The van der Waals surface area contributed by atoms with Crippen molar-refractivity contribution in [3.05, 3.63) is 11.4 Å². The van der Waals surface area contributed by atoms with E-state index in [4.69, 9.17) is 4.74 Å². The lowest BCUT2D eigenvalue weighted by Crippen LogP contribution is -2.34. The standard InChI is InChI=1S/C11H21N3O4S/c1-4-14(6-7-18-5-2)19(16,17)11-9(3)12-13-10(11)8-15/h15H,4-8H2,1-3H3,(H,12,13). The van der Waals surface area contributed by atoms with Crippen molar-refractivity contribution in [2.24, 2.45) is 0 Å². The van der Waals surface area contributed by atoms with E-state index in [1.54, 1.807) is 13.8 Å². The van der Waals surface area contributed by atoms with Gasteiger partial charge in [0.15, 0.2) is 0 Å². The summed E-state index contributed by atoms with van der Waals surface area (Å²) in [5.41, 5.74) is 0.575. The summed E-state index contributed by atoms with van der Waals surface area (Å²) in [5.74, 6) is 0. The number of aliphatic hydroxyl groups excluding tert-OH is 1. The number of nitrogens with zero attached hydrogens (tertiary/aromatic N) is 2. The molecule has 0 radical (unpaired) electrons. The third-order valence-electron chi connectivity index (χ3n) is 2.75. The largest absolute Gasteiger partial charge is 0.390 e. The highest BCUT2D eigenvalue weighted by molar-refractivity contribution is 7.89. The van der Waals surface area contributed by atoms with Crippen LogP contribution >= 0.6 is 0 Å². The Kier molecular flexibility index (Phi) is 5.92. The summed E-state index contributed by atoms with van der Waals surface area (Å²) in [6.45, 7) is 6.33. The molecule has 0 atom stereocenters. The van der Waals surface area contributed by atoms with Crippen LogP contribution in [0.3, 0.4) is 0 Å². The van der Waals surface area contributed by atoms with Crippen LogP contribution in [-0.2, 0) is 21.4 Å². The molecule has 0 saturated carbocycles. The van der Waals surface area contributed by atoms with E-state index in [0.717, 1.165) is 0 Å². The smallest absolute Gasteiger partial charge is 0.246 e. The van der Waals surface area contributed by atoms with E-state index in [1.165, 1.54) is 4.31 Å². The molecule has 0 bridgehead atoms. The molecule has 0 aliphatic rings. The fourth-order valence-corrected chi connectivity index (χ4v) is 3.56. The number of aromatic amines is 1. The second-order valence-corrected chi connectivity index (χ2v) is 5.85. The summed E-state index contributed by atoms with van der Waals surface area (Å²) in [6.07, 6.45) is 0. The van der Waals surface area contributed by atoms with Crippen LogP contribution in [-0.4, -0.2) is 54.3 Å². The number of likely N-dealkylation sites (N-methyl/N-ethyl adjacent to an activating group) is 1. The molecular weight excluding hydrogens is 270 g/mol. The zero-order valence-corrected chi connectivity index (χ0v) is 12.3.